The van der Waals surface area contributed by atoms with Gasteiger partial charge < -0.3 is 10.6 Å². The molecule has 0 radical (unpaired) electrons. The van der Waals surface area contributed by atoms with E-state index in [1.165, 1.54) is 5.56 Å². The maximum Gasteiger partial charge on any atom is 0.243 e. The van der Waals surface area contributed by atoms with Crippen LogP contribution in [0.1, 0.15) is 54.0 Å². The van der Waals surface area contributed by atoms with Crippen LogP contribution in [0.15, 0.2) is 36.4 Å². The minimum Gasteiger partial charge on any atom is -0.347 e. The number of hydrogen-bond donors (Lipinski definition) is 2. The number of anilines is 1. The summed E-state index contributed by atoms with van der Waals surface area (Å²) in [5, 5.41) is 5.60. The molecule has 2 aromatic rings. The standard InChI is InChI=1S/C23H30N2O2/c1-15(2)20-9-6-19(7-10-20)8-11-21(26)24-14-22(27)25-23-17(4)12-16(3)13-18(23)5/h6-7,9-10,12-13,15H,8,11,14H2,1-5H3,(H,24,26)(H,25,27). The Balaban J connectivity index is 1.79. The molecular weight excluding hydrogens is 336 g/mol. The van der Waals surface area contributed by atoms with E-state index in [4.69, 9.17) is 0 Å². The van der Waals surface area contributed by atoms with Crippen molar-refractivity contribution in [2.45, 2.75) is 53.4 Å². The molecule has 0 saturated carbocycles. The number of amides is 2. The molecule has 0 spiro atoms. The van der Waals surface area contributed by atoms with Gasteiger partial charge in [0.1, 0.15) is 0 Å². The number of carbonyl (C=O) groups is 2. The van der Waals surface area contributed by atoms with Gasteiger partial charge >= 0.3 is 0 Å². The van der Waals surface area contributed by atoms with Gasteiger partial charge in [-0.3, -0.25) is 9.59 Å². The van der Waals surface area contributed by atoms with Gasteiger partial charge in [0, 0.05) is 12.1 Å². The molecule has 2 N–H and O–H groups in total. The number of aryl methyl sites for hydroxylation is 4. The number of carbonyl (C=O) groups excluding carboxylic acids is 2. The second kappa shape index (κ2) is 9.36. The Bertz CT molecular complexity index is 785. The summed E-state index contributed by atoms with van der Waals surface area (Å²) in [6, 6.07) is 12.4. The summed E-state index contributed by atoms with van der Waals surface area (Å²) in [5.74, 6) is 0.178. The van der Waals surface area contributed by atoms with Gasteiger partial charge in [0.05, 0.1) is 6.54 Å². The Kier molecular flexibility index (Phi) is 7.17. The van der Waals surface area contributed by atoms with Gasteiger partial charge in [-0.15, -0.1) is 0 Å². The highest BCUT2D eigenvalue weighted by Crippen LogP contribution is 2.21. The van der Waals surface area contributed by atoms with Gasteiger partial charge in [-0.25, -0.2) is 0 Å². The fourth-order valence-electron chi connectivity index (χ4n) is 3.16. The predicted octanol–water partition coefficient (Wildman–Crippen LogP) is 4.42. The molecule has 0 aliphatic heterocycles. The number of benzene rings is 2. The van der Waals surface area contributed by atoms with Crippen LogP contribution in [0, 0.1) is 20.8 Å². The summed E-state index contributed by atoms with van der Waals surface area (Å²) < 4.78 is 0. The molecule has 144 valence electrons. The third-order valence-electron chi connectivity index (χ3n) is 4.67. The Morgan fingerprint density at radius 2 is 1.52 bits per heavy atom. The molecule has 0 heterocycles. The second-order valence-electron chi connectivity index (χ2n) is 7.49. The van der Waals surface area contributed by atoms with E-state index < -0.39 is 0 Å². The molecule has 0 aliphatic rings. The first-order chi connectivity index (χ1) is 12.8. The average Bonchev–Trinajstić information content (AvgIpc) is 2.61. The van der Waals surface area contributed by atoms with Crippen molar-refractivity contribution in [3.05, 3.63) is 64.2 Å². The summed E-state index contributed by atoms with van der Waals surface area (Å²) in [6.07, 6.45) is 1.04. The quantitative estimate of drug-likeness (QED) is 0.762. The Morgan fingerprint density at radius 1 is 0.926 bits per heavy atom. The van der Waals surface area contributed by atoms with Crippen molar-refractivity contribution < 1.29 is 9.59 Å². The van der Waals surface area contributed by atoms with E-state index in [1.807, 2.05) is 32.9 Å². The fourth-order valence-corrected chi connectivity index (χ4v) is 3.16. The molecule has 0 unspecified atom stereocenters. The van der Waals surface area contributed by atoms with Crippen molar-refractivity contribution >= 4 is 17.5 Å². The molecular formula is C23H30N2O2. The van der Waals surface area contributed by atoms with E-state index in [1.54, 1.807) is 0 Å². The highest BCUT2D eigenvalue weighted by molar-refractivity contribution is 5.95. The Hall–Kier alpha value is -2.62. The minimum absolute atomic E-state index is 0.0160. The lowest BCUT2D eigenvalue weighted by atomic mass is 10.0. The Morgan fingerprint density at radius 3 is 2.07 bits per heavy atom. The zero-order chi connectivity index (χ0) is 20.0. The lowest BCUT2D eigenvalue weighted by Gasteiger charge is -2.13. The van der Waals surface area contributed by atoms with E-state index in [2.05, 4.69) is 48.7 Å². The van der Waals surface area contributed by atoms with E-state index in [9.17, 15) is 9.59 Å². The molecule has 4 nitrogen and oxygen atoms in total. The zero-order valence-electron chi connectivity index (χ0n) is 17.0. The van der Waals surface area contributed by atoms with Gasteiger partial charge in [-0.1, -0.05) is 55.8 Å². The largest absolute Gasteiger partial charge is 0.347 e. The monoisotopic (exact) mass is 366 g/mol. The van der Waals surface area contributed by atoms with Crippen LogP contribution in [-0.4, -0.2) is 18.4 Å². The van der Waals surface area contributed by atoms with Gasteiger partial charge in [-0.05, 0) is 55.4 Å². The highest BCUT2D eigenvalue weighted by Gasteiger charge is 2.10. The van der Waals surface area contributed by atoms with Gasteiger partial charge in [0.15, 0.2) is 0 Å². The van der Waals surface area contributed by atoms with Crippen LogP contribution in [0.2, 0.25) is 0 Å². The van der Waals surface area contributed by atoms with Crippen LogP contribution in [0.5, 0.6) is 0 Å². The second-order valence-corrected chi connectivity index (χ2v) is 7.49. The average molecular weight is 367 g/mol. The summed E-state index contributed by atoms with van der Waals surface area (Å²) in [4.78, 5) is 24.2. The van der Waals surface area contributed by atoms with Crippen molar-refractivity contribution in [2.75, 3.05) is 11.9 Å². The van der Waals surface area contributed by atoms with Crippen LogP contribution in [0.4, 0.5) is 5.69 Å². The number of hydrogen-bond acceptors (Lipinski definition) is 2. The summed E-state index contributed by atoms with van der Waals surface area (Å²) >= 11 is 0. The lowest BCUT2D eigenvalue weighted by Crippen LogP contribution is -2.33. The van der Waals surface area contributed by atoms with Gasteiger partial charge in [0.25, 0.3) is 0 Å². The third kappa shape index (κ3) is 6.24. The fraction of sp³-hybridized carbons (Fsp3) is 0.391. The van der Waals surface area contributed by atoms with E-state index in [0.717, 1.165) is 27.9 Å². The SMILES string of the molecule is Cc1cc(C)c(NC(=O)CNC(=O)CCc2ccc(C(C)C)cc2)c(C)c1. The number of rotatable bonds is 7. The topological polar surface area (TPSA) is 58.2 Å². The van der Waals surface area contributed by atoms with Gasteiger partial charge in [-0.2, -0.15) is 0 Å². The van der Waals surface area contributed by atoms with Crippen LogP contribution in [-0.2, 0) is 16.0 Å². The first-order valence-electron chi connectivity index (χ1n) is 9.49. The van der Waals surface area contributed by atoms with Crippen LogP contribution >= 0.6 is 0 Å². The molecule has 2 rings (SSSR count). The molecule has 0 atom stereocenters. The first-order valence-corrected chi connectivity index (χ1v) is 9.49. The van der Waals surface area contributed by atoms with E-state index >= 15 is 0 Å². The van der Waals surface area contributed by atoms with Crippen molar-refractivity contribution in [1.82, 2.24) is 5.32 Å². The van der Waals surface area contributed by atoms with Crippen molar-refractivity contribution in [2.24, 2.45) is 0 Å². The normalized spacial score (nSPS) is 10.7. The molecule has 0 saturated heterocycles. The molecule has 0 aliphatic carbocycles. The first kappa shape index (κ1) is 20.7. The van der Waals surface area contributed by atoms with Crippen molar-refractivity contribution in [1.29, 1.82) is 0 Å². The minimum atomic E-state index is -0.209. The third-order valence-corrected chi connectivity index (χ3v) is 4.67. The predicted molar refractivity (Wildman–Crippen MR) is 111 cm³/mol. The molecule has 0 aromatic heterocycles. The van der Waals surface area contributed by atoms with Crippen LogP contribution in [0.25, 0.3) is 0 Å². The van der Waals surface area contributed by atoms with Gasteiger partial charge in [0.2, 0.25) is 11.8 Å². The molecule has 4 heteroatoms. The van der Waals surface area contributed by atoms with Crippen LogP contribution in [0.3, 0.4) is 0 Å². The molecule has 27 heavy (non-hydrogen) atoms. The van der Waals surface area contributed by atoms with Crippen molar-refractivity contribution in [3.63, 3.8) is 0 Å². The summed E-state index contributed by atoms with van der Waals surface area (Å²) in [5.41, 5.74) is 6.46. The summed E-state index contributed by atoms with van der Waals surface area (Å²) in [7, 11) is 0. The molecule has 2 amide bonds. The van der Waals surface area contributed by atoms with Crippen LogP contribution < -0.4 is 10.6 Å². The van der Waals surface area contributed by atoms with E-state index in [-0.39, 0.29) is 18.4 Å². The Labute approximate surface area is 162 Å². The lowest BCUT2D eigenvalue weighted by molar-refractivity contribution is -0.124. The van der Waals surface area contributed by atoms with E-state index in [0.29, 0.717) is 18.8 Å². The molecule has 0 bridgehead atoms. The molecule has 2 aromatic carbocycles. The number of nitrogens with one attached hydrogen (secondary N) is 2. The highest BCUT2D eigenvalue weighted by atomic mass is 16.2. The maximum absolute atomic E-state index is 12.2. The summed E-state index contributed by atoms with van der Waals surface area (Å²) in [6.45, 7) is 10.3. The smallest absolute Gasteiger partial charge is 0.243 e. The zero-order valence-corrected chi connectivity index (χ0v) is 17.0. The van der Waals surface area contributed by atoms with Crippen molar-refractivity contribution in [3.8, 4) is 0 Å². The molecule has 0 fully saturated rings. The maximum atomic E-state index is 12.2.